The van der Waals surface area contributed by atoms with Gasteiger partial charge in [-0.1, -0.05) is 0 Å². The van der Waals surface area contributed by atoms with Crippen LogP contribution in [0.15, 0.2) is 12.1 Å². The first-order valence-corrected chi connectivity index (χ1v) is 8.68. The molecule has 27 heavy (non-hydrogen) atoms. The van der Waals surface area contributed by atoms with Crippen LogP contribution in [0.2, 0.25) is 0 Å². The van der Waals surface area contributed by atoms with Crippen LogP contribution in [-0.2, 0) is 9.53 Å². The number of benzene rings is 1. The lowest BCUT2D eigenvalue weighted by molar-refractivity contribution is -0.385. The van der Waals surface area contributed by atoms with Gasteiger partial charge in [0.05, 0.1) is 25.2 Å². The van der Waals surface area contributed by atoms with E-state index >= 15 is 0 Å². The molecule has 0 N–H and O–H groups in total. The second-order valence-electron chi connectivity index (χ2n) is 6.49. The molecule has 0 radical (unpaired) electrons. The lowest BCUT2D eigenvalue weighted by Crippen LogP contribution is -2.49. The summed E-state index contributed by atoms with van der Waals surface area (Å²) >= 11 is 0. The van der Waals surface area contributed by atoms with Crippen LogP contribution < -0.4 is 9.47 Å². The van der Waals surface area contributed by atoms with Gasteiger partial charge in [-0.3, -0.25) is 14.9 Å². The van der Waals surface area contributed by atoms with Crippen LogP contribution in [0.1, 0.15) is 43.5 Å². The first-order chi connectivity index (χ1) is 12.8. The van der Waals surface area contributed by atoms with Gasteiger partial charge in [0, 0.05) is 18.2 Å². The fourth-order valence-corrected chi connectivity index (χ4v) is 3.38. The number of carbonyl (C=O) groups is 2. The van der Waals surface area contributed by atoms with E-state index in [1.165, 1.54) is 20.3 Å². The van der Waals surface area contributed by atoms with Crippen LogP contribution in [-0.4, -0.2) is 54.6 Å². The first kappa shape index (κ1) is 20.5. The molecule has 0 aliphatic carbocycles. The Morgan fingerprint density at radius 2 is 1.70 bits per heavy atom. The third-order valence-electron chi connectivity index (χ3n) is 4.73. The number of amides is 1. The van der Waals surface area contributed by atoms with Crippen LogP contribution in [0.4, 0.5) is 5.69 Å². The van der Waals surface area contributed by atoms with Crippen molar-refractivity contribution in [3.05, 3.63) is 27.8 Å². The molecule has 0 saturated carbocycles. The second kappa shape index (κ2) is 8.70. The summed E-state index contributed by atoms with van der Waals surface area (Å²) in [5.74, 6) is -1.01. The lowest BCUT2D eigenvalue weighted by atomic mass is 9.97. The van der Waals surface area contributed by atoms with E-state index < -0.39 is 23.2 Å². The quantitative estimate of drug-likeness (QED) is 0.424. The minimum Gasteiger partial charge on any atom is -0.493 e. The molecule has 2 rings (SSSR count). The molecule has 148 valence electrons. The fourth-order valence-electron chi connectivity index (χ4n) is 3.38. The molecule has 0 spiro atoms. The highest BCUT2D eigenvalue weighted by Crippen LogP contribution is 2.34. The van der Waals surface area contributed by atoms with Crippen molar-refractivity contribution in [3.8, 4) is 11.5 Å². The number of nitro benzene ring substituents is 1. The number of methoxy groups -OCH3 is 2. The highest BCUT2D eigenvalue weighted by atomic mass is 16.6. The molecular weight excluding hydrogens is 356 g/mol. The summed E-state index contributed by atoms with van der Waals surface area (Å²) in [6.45, 7) is 3.43. The van der Waals surface area contributed by atoms with E-state index in [1.807, 2.05) is 13.8 Å². The number of rotatable bonds is 6. The lowest BCUT2D eigenvalue weighted by Gasteiger charge is -2.38. The standard InChI is InChI=1S/C18H24N2O7/c1-11-6-5-7-12(2)19(11)17(21)10-27-18(22)13-8-15(25-3)16(26-4)9-14(13)20(23)24/h8-9,11-12H,5-7,10H2,1-4H3/t11-,12-/m1/s1. The predicted octanol–water partition coefficient (Wildman–Crippen LogP) is 2.56. The van der Waals surface area contributed by atoms with E-state index in [2.05, 4.69) is 0 Å². The Hall–Kier alpha value is -2.84. The van der Waals surface area contributed by atoms with Crippen LogP contribution in [0.3, 0.4) is 0 Å². The van der Waals surface area contributed by atoms with Gasteiger partial charge in [0.25, 0.3) is 11.6 Å². The minimum absolute atomic E-state index is 0.0652. The summed E-state index contributed by atoms with van der Waals surface area (Å²) in [4.78, 5) is 37.1. The number of carbonyl (C=O) groups excluding carboxylic acids is 2. The van der Waals surface area contributed by atoms with E-state index in [1.54, 1.807) is 4.90 Å². The number of nitro groups is 1. The molecule has 1 aromatic carbocycles. The number of hydrogen-bond donors (Lipinski definition) is 0. The van der Waals surface area contributed by atoms with Crippen molar-refractivity contribution >= 4 is 17.6 Å². The fraction of sp³-hybridized carbons (Fsp3) is 0.556. The smallest absolute Gasteiger partial charge is 0.345 e. The molecule has 1 fully saturated rings. The molecule has 1 amide bonds. The van der Waals surface area contributed by atoms with Crippen molar-refractivity contribution in [2.24, 2.45) is 0 Å². The van der Waals surface area contributed by atoms with Gasteiger partial charge < -0.3 is 19.1 Å². The Kier molecular flexibility index (Phi) is 6.59. The zero-order valence-electron chi connectivity index (χ0n) is 15.9. The average Bonchev–Trinajstić information content (AvgIpc) is 2.64. The largest absolute Gasteiger partial charge is 0.493 e. The Morgan fingerprint density at radius 3 is 2.22 bits per heavy atom. The Balaban J connectivity index is 2.17. The highest BCUT2D eigenvalue weighted by molar-refractivity contribution is 5.96. The Labute approximate surface area is 157 Å². The zero-order valence-corrected chi connectivity index (χ0v) is 15.9. The van der Waals surface area contributed by atoms with Gasteiger partial charge in [-0.05, 0) is 33.1 Å². The molecule has 1 saturated heterocycles. The number of nitrogens with zero attached hydrogens (tertiary/aromatic N) is 2. The van der Waals surface area contributed by atoms with Crippen molar-refractivity contribution in [3.63, 3.8) is 0 Å². The number of likely N-dealkylation sites (tertiary alicyclic amines) is 1. The highest BCUT2D eigenvalue weighted by Gasteiger charge is 2.31. The van der Waals surface area contributed by atoms with Crippen LogP contribution in [0.5, 0.6) is 11.5 Å². The van der Waals surface area contributed by atoms with Gasteiger partial charge in [0.1, 0.15) is 5.56 Å². The predicted molar refractivity (Wildman–Crippen MR) is 96.1 cm³/mol. The third-order valence-corrected chi connectivity index (χ3v) is 4.73. The van der Waals surface area contributed by atoms with Gasteiger partial charge in [-0.2, -0.15) is 0 Å². The van der Waals surface area contributed by atoms with Crippen LogP contribution in [0, 0.1) is 10.1 Å². The molecule has 0 unspecified atom stereocenters. The number of hydrogen-bond acceptors (Lipinski definition) is 7. The molecule has 1 heterocycles. The minimum atomic E-state index is -0.965. The molecular formula is C18H24N2O7. The topological polar surface area (TPSA) is 108 Å². The van der Waals surface area contributed by atoms with Gasteiger partial charge >= 0.3 is 5.97 Å². The van der Waals surface area contributed by atoms with E-state index in [0.717, 1.165) is 25.3 Å². The molecule has 1 aliphatic heterocycles. The van der Waals surface area contributed by atoms with E-state index in [4.69, 9.17) is 14.2 Å². The summed E-state index contributed by atoms with van der Waals surface area (Å²) in [5, 5.41) is 11.3. The summed E-state index contributed by atoms with van der Waals surface area (Å²) in [7, 11) is 2.68. The monoisotopic (exact) mass is 380 g/mol. The molecule has 1 aliphatic rings. The molecule has 9 heteroatoms. The number of piperidine rings is 1. The Bertz CT molecular complexity index is 725. The van der Waals surface area contributed by atoms with Gasteiger partial charge in [0.15, 0.2) is 18.1 Å². The van der Waals surface area contributed by atoms with Crippen molar-refractivity contribution in [2.45, 2.75) is 45.2 Å². The SMILES string of the molecule is COc1cc(C(=O)OCC(=O)N2[C@H](C)CCC[C@H]2C)c([N+](=O)[O-])cc1OC. The van der Waals surface area contributed by atoms with Gasteiger partial charge in [0.2, 0.25) is 0 Å². The summed E-state index contributed by atoms with van der Waals surface area (Å²) < 4.78 is 15.2. The third kappa shape index (κ3) is 4.47. The normalized spacial score (nSPS) is 19.3. The first-order valence-electron chi connectivity index (χ1n) is 8.68. The van der Waals surface area contributed by atoms with Gasteiger partial charge in [-0.25, -0.2) is 4.79 Å². The van der Waals surface area contributed by atoms with Crippen molar-refractivity contribution < 1.29 is 28.7 Å². The maximum Gasteiger partial charge on any atom is 0.345 e. The molecule has 0 aromatic heterocycles. The van der Waals surface area contributed by atoms with Crippen LogP contribution in [0.25, 0.3) is 0 Å². The van der Waals surface area contributed by atoms with Crippen molar-refractivity contribution in [1.82, 2.24) is 4.90 Å². The second-order valence-corrected chi connectivity index (χ2v) is 6.49. The van der Waals surface area contributed by atoms with Gasteiger partial charge in [-0.15, -0.1) is 0 Å². The maximum absolute atomic E-state index is 12.5. The maximum atomic E-state index is 12.5. The molecule has 1 aromatic rings. The molecule has 0 bridgehead atoms. The summed E-state index contributed by atoms with van der Waals surface area (Å²) in [5.41, 5.74) is -0.782. The number of ether oxygens (including phenoxy) is 3. The Morgan fingerprint density at radius 1 is 1.15 bits per heavy atom. The van der Waals surface area contributed by atoms with Crippen molar-refractivity contribution in [1.29, 1.82) is 0 Å². The molecule has 9 nitrogen and oxygen atoms in total. The zero-order chi connectivity index (χ0) is 20.1. The van der Waals surface area contributed by atoms with E-state index in [0.29, 0.717) is 0 Å². The van der Waals surface area contributed by atoms with Crippen molar-refractivity contribution in [2.75, 3.05) is 20.8 Å². The van der Waals surface area contributed by atoms with E-state index in [-0.39, 0.29) is 35.1 Å². The molecule has 2 atom stereocenters. The average molecular weight is 380 g/mol. The van der Waals surface area contributed by atoms with Crippen LogP contribution >= 0.6 is 0 Å². The summed E-state index contributed by atoms with van der Waals surface area (Å²) in [6.07, 6.45) is 2.83. The van der Waals surface area contributed by atoms with E-state index in [9.17, 15) is 19.7 Å². The summed E-state index contributed by atoms with van der Waals surface area (Å²) in [6, 6.07) is 2.40. The number of esters is 1.